The Labute approximate surface area is 200 Å². The molecule has 0 aliphatic rings. The van der Waals surface area contributed by atoms with Gasteiger partial charge in [0, 0.05) is 26.7 Å². The summed E-state index contributed by atoms with van der Waals surface area (Å²) in [6.45, 7) is 7.91. The van der Waals surface area contributed by atoms with E-state index in [-0.39, 0.29) is 12.4 Å². The quantitative estimate of drug-likeness (QED) is 0.283. The molecule has 34 heavy (non-hydrogen) atoms. The van der Waals surface area contributed by atoms with Crippen LogP contribution in [0.2, 0.25) is 0 Å². The minimum absolute atomic E-state index is 0.113. The zero-order chi connectivity index (χ0) is 24.3. The fourth-order valence-electron chi connectivity index (χ4n) is 3.52. The molecule has 2 aromatic carbocycles. The van der Waals surface area contributed by atoms with Gasteiger partial charge in [-0.2, -0.15) is 5.10 Å². The van der Waals surface area contributed by atoms with Gasteiger partial charge in [-0.25, -0.2) is 9.07 Å². The van der Waals surface area contributed by atoms with Crippen LogP contribution in [0.4, 0.5) is 4.39 Å². The summed E-state index contributed by atoms with van der Waals surface area (Å²) in [5.74, 6) is 0.0775. The van der Waals surface area contributed by atoms with Crippen LogP contribution in [0.5, 0.6) is 11.6 Å². The van der Waals surface area contributed by atoms with Gasteiger partial charge in [0.05, 0.1) is 42.9 Å². The summed E-state index contributed by atoms with van der Waals surface area (Å²) in [6, 6.07) is 15.8. The number of hydrogen-bond acceptors (Lipinski definition) is 6. The first-order valence-corrected chi connectivity index (χ1v) is 11.2. The minimum Gasteiger partial charge on any atom is -0.435 e. The lowest BCUT2D eigenvalue weighted by molar-refractivity contribution is 0.0192. The van der Waals surface area contributed by atoms with E-state index < -0.39 is 11.9 Å². The molecule has 3 aromatic rings. The van der Waals surface area contributed by atoms with Crippen molar-refractivity contribution in [2.75, 3.05) is 40.0 Å². The molecule has 0 aliphatic carbocycles. The SMILES string of the molecule is C=CCOC[C@H](O)CN(CCOC)Cc1c(C)nn(-c2ccccc2)c1Oc1ccccc1F. The Balaban J connectivity index is 1.93. The third-order valence-electron chi connectivity index (χ3n) is 5.19. The van der Waals surface area contributed by atoms with Crippen molar-refractivity contribution in [2.45, 2.75) is 19.6 Å². The molecular weight excluding hydrogens is 437 g/mol. The second kappa shape index (κ2) is 13.0. The number of aromatic nitrogens is 2. The Bertz CT molecular complexity index is 1040. The van der Waals surface area contributed by atoms with Gasteiger partial charge in [0.15, 0.2) is 11.6 Å². The van der Waals surface area contributed by atoms with Crippen molar-refractivity contribution >= 4 is 0 Å². The molecule has 8 heteroatoms. The molecule has 7 nitrogen and oxygen atoms in total. The van der Waals surface area contributed by atoms with E-state index in [9.17, 15) is 9.50 Å². The van der Waals surface area contributed by atoms with Crippen LogP contribution in [0, 0.1) is 12.7 Å². The third kappa shape index (κ3) is 6.98. The molecule has 0 bridgehead atoms. The molecule has 0 aliphatic heterocycles. The van der Waals surface area contributed by atoms with E-state index in [0.717, 1.165) is 16.9 Å². The number of aliphatic hydroxyl groups excluding tert-OH is 1. The molecule has 0 radical (unpaired) electrons. The van der Waals surface area contributed by atoms with Crippen LogP contribution in [0.25, 0.3) is 5.69 Å². The van der Waals surface area contributed by atoms with Gasteiger partial charge in [-0.05, 0) is 31.2 Å². The van der Waals surface area contributed by atoms with Crippen LogP contribution in [0.3, 0.4) is 0 Å². The molecule has 0 fully saturated rings. The van der Waals surface area contributed by atoms with Gasteiger partial charge in [-0.1, -0.05) is 36.4 Å². The van der Waals surface area contributed by atoms with E-state index >= 15 is 0 Å². The van der Waals surface area contributed by atoms with Crippen LogP contribution in [0.1, 0.15) is 11.3 Å². The highest BCUT2D eigenvalue weighted by Gasteiger charge is 2.23. The van der Waals surface area contributed by atoms with Crippen molar-refractivity contribution in [1.82, 2.24) is 14.7 Å². The summed E-state index contributed by atoms with van der Waals surface area (Å²) < 4.78 is 32.9. The number of aliphatic hydroxyl groups is 1. The normalized spacial score (nSPS) is 12.1. The lowest BCUT2D eigenvalue weighted by atomic mass is 10.2. The standard InChI is InChI=1S/C26H32FN3O4/c1-4-15-33-19-22(31)17-29(14-16-32-3)18-23-20(2)28-30(21-10-6-5-7-11-21)26(23)34-25-13-9-8-12-24(25)27/h4-13,22,31H,1,14-19H2,2-3H3/t22-/m1/s1. The molecule has 0 amide bonds. The van der Waals surface area contributed by atoms with Gasteiger partial charge in [0.1, 0.15) is 0 Å². The van der Waals surface area contributed by atoms with E-state index in [1.165, 1.54) is 6.07 Å². The van der Waals surface area contributed by atoms with Crippen LogP contribution in [-0.2, 0) is 16.0 Å². The van der Waals surface area contributed by atoms with Gasteiger partial charge in [-0.3, -0.25) is 4.90 Å². The number of halogens is 1. The Morgan fingerprint density at radius 1 is 1.18 bits per heavy atom. The van der Waals surface area contributed by atoms with Gasteiger partial charge in [0.2, 0.25) is 5.88 Å². The fraction of sp³-hybridized carbons (Fsp3) is 0.346. The molecule has 1 heterocycles. The molecule has 0 saturated heterocycles. The van der Waals surface area contributed by atoms with Crippen molar-refractivity contribution < 1.29 is 23.7 Å². The van der Waals surface area contributed by atoms with E-state index in [1.807, 2.05) is 42.2 Å². The van der Waals surface area contributed by atoms with Crippen molar-refractivity contribution in [1.29, 1.82) is 0 Å². The Hall–Kier alpha value is -3.04. The first kappa shape index (κ1) is 25.6. The summed E-state index contributed by atoms with van der Waals surface area (Å²) in [7, 11) is 1.63. The van der Waals surface area contributed by atoms with Gasteiger partial charge in [-0.15, -0.1) is 6.58 Å². The largest absolute Gasteiger partial charge is 0.435 e. The third-order valence-corrected chi connectivity index (χ3v) is 5.19. The molecule has 1 atom stereocenters. The number of methoxy groups -OCH3 is 1. The first-order valence-electron chi connectivity index (χ1n) is 11.2. The maximum Gasteiger partial charge on any atom is 0.227 e. The highest BCUT2D eigenvalue weighted by Crippen LogP contribution is 2.32. The molecule has 182 valence electrons. The molecule has 0 unspecified atom stereocenters. The maximum absolute atomic E-state index is 14.5. The molecule has 1 aromatic heterocycles. The van der Waals surface area contributed by atoms with Crippen LogP contribution in [-0.4, -0.2) is 65.9 Å². The predicted molar refractivity (Wildman–Crippen MR) is 129 cm³/mol. The maximum atomic E-state index is 14.5. The number of benzene rings is 2. The number of hydrogen-bond donors (Lipinski definition) is 1. The predicted octanol–water partition coefficient (Wildman–Crippen LogP) is 4.12. The van der Waals surface area contributed by atoms with Crippen LogP contribution in [0.15, 0.2) is 67.3 Å². The van der Waals surface area contributed by atoms with Crippen molar-refractivity contribution in [3.05, 3.63) is 84.3 Å². The minimum atomic E-state index is -0.697. The second-order valence-electron chi connectivity index (χ2n) is 7.86. The van der Waals surface area contributed by atoms with Gasteiger partial charge < -0.3 is 19.3 Å². The smallest absolute Gasteiger partial charge is 0.227 e. The lowest BCUT2D eigenvalue weighted by Crippen LogP contribution is -2.36. The van der Waals surface area contributed by atoms with E-state index in [0.29, 0.717) is 38.7 Å². The zero-order valence-electron chi connectivity index (χ0n) is 19.7. The number of nitrogens with zero attached hydrogens (tertiary/aromatic N) is 3. The van der Waals surface area contributed by atoms with Crippen LogP contribution >= 0.6 is 0 Å². The highest BCUT2D eigenvalue weighted by atomic mass is 19.1. The summed E-state index contributed by atoms with van der Waals surface area (Å²) in [6.07, 6.45) is 0.945. The average molecular weight is 470 g/mol. The Kier molecular flexibility index (Phi) is 9.78. The second-order valence-corrected chi connectivity index (χ2v) is 7.86. The first-order chi connectivity index (χ1) is 16.5. The topological polar surface area (TPSA) is 69.0 Å². The zero-order valence-corrected chi connectivity index (χ0v) is 19.7. The molecule has 1 N–H and O–H groups in total. The summed E-state index contributed by atoms with van der Waals surface area (Å²) in [4.78, 5) is 2.04. The Morgan fingerprint density at radius 2 is 1.91 bits per heavy atom. The van der Waals surface area contributed by atoms with Crippen LogP contribution < -0.4 is 4.74 Å². The van der Waals surface area contributed by atoms with Gasteiger partial charge in [0.25, 0.3) is 0 Å². The molecule has 0 saturated carbocycles. The average Bonchev–Trinajstić information content (AvgIpc) is 3.14. The molecular formula is C26H32FN3O4. The fourth-order valence-corrected chi connectivity index (χ4v) is 3.52. The van der Waals surface area contributed by atoms with Gasteiger partial charge >= 0.3 is 0 Å². The highest BCUT2D eigenvalue weighted by molar-refractivity contribution is 5.43. The number of rotatable bonds is 14. The van der Waals surface area contributed by atoms with E-state index in [1.54, 1.807) is 36.1 Å². The lowest BCUT2D eigenvalue weighted by Gasteiger charge is -2.25. The molecule has 0 spiro atoms. The van der Waals surface area contributed by atoms with Crippen molar-refractivity contribution in [3.63, 3.8) is 0 Å². The molecule has 3 rings (SSSR count). The monoisotopic (exact) mass is 469 g/mol. The Morgan fingerprint density at radius 3 is 2.62 bits per heavy atom. The summed E-state index contributed by atoms with van der Waals surface area (Å²) in [5.41, 5.74) is 2.34. The van der Waals surface area contributed by atoms with Crippen molar-refractivity contribution in [3.8, 4) is 17.3 Å². The number of aryl methyl sites for hydroxylation is 1. The van der Waals surface area contributed by atoms with E-state index in [2.05, 4.69) is 6.58 Å². The van der Waals surface area contributed by atoms with E-state index in [4.69, 9.17) is 19.3 Å². The number of ether oxygens (including phenoxy) is 3. The number of para-hydroxylation sites is 2. The summed E-state index contributed by atoms with van der Waals surface area (Å²) in [5, 5.41) is 15.2. The van der Waals surface area contributed by atoms with Crippen molar-refractivity contribution in [2.24, 2.45) is 0 Å². The summed E-state index contributed by atoms with van der Waals surface area (Å²) >= 11 is 0.